The van der Waals surface area contributed by atoms with E-state index in [0.717, 1.165) is 28.8 Å². The van der Waals surface area contributed by atoms with Crippen LogP contribution in [0.15, 0.2) is 48.8 Å². The van der Waals surface area contributed by atoms with Crippen molar-refractivity contribution in [1.29, 1.82) is 0 Å². The van der Waals surface area contributed by atoms with E-state index >= 15 is 0 Å². The third-order valence-corrected chi connectivity index (χ3v) is 3.31. The normalized spacial score (nSPS) is 10.6. The number of pyridine rings is 1. The van der Waals surface area contributed by atoms with Gasteiger partial charge in [0.1, 0.15) is 5.82 Å². The molecule has 2 heterocycles. The van der Waals surface area contributed by atoms with Gasteiger partial charge in [-0.05, 0) is 23.8 Å². The predicted molar refractivity (Wildman–Crippen MR) is 85.4 cm³/mol. The second kappa shape index (κ2) is 5.75. The van der Waals surface area contributed by atoms with Gasteiger partial charge in [0.2, 0.25) is 5.95 Å². The zero-order valence-electron chi connectivity index (χ0n) is 12.1. The van der Waals surface area contributed by atoms with Crippen molar-refractivity contribution in [2.24, 2.45) is 0 Å². The minimum absolute atomic E-state index is 0.627. The number of fused-ring (bicyclic) bond motifs is 1. The molecule has 0 amide bonds. The Hall–Kier alpha value is -2.69. The summed E-state index contributed by atoms with van der Waals surface area (Å²) < 4.78 is 0. The van der Waals surface area contributed by atoms with Crippen LogP contribution in [0.3, 0.4) is 0 Å². The van der Waals surface area contributed by atoms with Crippen LogP contribution < -0.4 is 10.2 Å². The Morgan fingerprint density at radius 3 is 2.71 bits per heavy atom. The highest BCUT2D eigenvalue weighted by Crippen LogP contribution is 2.25. The maximum atomic E-state index is 4.60. The summed E-state index contributed by atoms with van der Waals surface area (Å²) >= 11 is 0. The van der Waals surface area contributed by atoms with Gasteiger partial charge in [0.25, 0.3) is 0 Å². The van der Waals surface area contributed by atoms with Crippen LogP contribution in [0.1, 0.15) is 5.56 Å². The van der Waals surface area contributed by atoms with Gasteiger partial charge in [-0.15, -0.1) is 0 Å². The summed E-state index contributed by atoms with van der Waals surface area (Å²) in [6.07, 6.45) is 3.65. The van der Waals surface area contributed by atoms with Crippen LogP contribution in [0.4, 0.5) is 11.8 Å². The van der Waals surface area contributed by atoms with Crippen molar-refractivity contribution in [3.05, 3.63) is 54.4 Å². The van der Waals surface area contributed by atoms with Crippen molar-refractivity contribution >= 4 is 22.7 Å². The molecule has 3 aromatic rings. The Labute approximate surface area is 123 Å². The molecule has 3 rings (SSSR count). The molecule has 0 aliphatic rings. The van der Waals surface area contributed by atoms with Crippen LogP contribution >= 0.6 is 0 Å². The van der Waals surface area contributed by atoms with Gasteiger partial charge >= 0.3 is 0 Å². The highest BCUT2D eigenvalue weighted by Gasteiger charge is 2.11. The van der Waals surface area contributed by atoms with E-state index in [4.69, 9.17) is 0 Å². The van der Waals surface area contributed by atoms with Gasteiger partial charge < -0.3 is 10.2 Å². The highest BCUT2D eigenvalue weighted by molar-refractivity contribution is 5.90. The number of nitrogens with one attached hydrogen (secondary N) is 1. The van der Waals surface area contributed by atoms with Crippen molar-refractivity contribution in [1.82, 2.24) is 15.0 Å². The van der Waals surface area contributed by atoms with E-state index in [9.17, 15) is 0 Å². The number of hydrogen-bond acceptors (Lipinski definition) is 5. The molecule has 0 saturated carbocycles. The molecule has 0 saturated heterocycles. The van der Waals surface area contributed by atoms with Crippen LogP contribution in [0.5, 0.6) is 0 Å². The van der Waals surface area contributed by atoms with Gasteiger partial charge in [0.15, 0.2) is 0 Å². The summed E-state index contributed by atoms with van der Waals surface area (Å²) in [5.41, 5.74) is 2.08. The Morgan fingerprint density at radius 2 is 1.95 bits per heavy atom. The number of anilines is 2. The standard InChI is InChI=1S/C16H17N5/c1-17-16-19-14-8-4-3-7-13(14)15(20-16)21(2)11-12-6-5-9-18-10-12/h3-10H,11H2,1-2H3,(H,17,19,20). The van der Waals surface area contributed by atoms with Crippen molar-refractivity contribution in [2.45, 2.75) is 6.54 Å². The fourth-order valence-electron chi connectivity index (χ4n) is 2.30. The molecule has 1 aromatic carbocycles. The molecule has 5 nitrogen and oxygen atoms in total. The second-order valence-corrected chi connectivity index (χ2v) is 4.86. The van der Waals surface area contributed by atoms with E-state index in [2.05, 4.69) is 31.2 Å². The maximum Gasteiger partial charge on any atom is 0.224 e. The van der Waals surface area contributed by atoms with Gasteiger partial charge in [0.05, 0.1) is 5.52 Å². The topological polar surface area (TPSA) is 53.9 Å². The molecule has 0 aliphatic heterocycles. The lowest BCUT2D eigenvalue weighted by Gasteiger charge is -2.20. The van der Waals surface area contributed by atoms with E-state index in [-0.39, 0.29) is 0 Å². The average Bonchev–Trinajstić information content (AvgIpc) is 2.54. The van der Waals surface area contributed by atoms with Crippen LogP contribution in [0.25, 0.3) is 10.9 Å². The molecule has 21 heavy (non-hydrogen) atoms. The first kappa shape index (κ1) is 13.3. The molecule has 0 unspecified atom stereocenters. The van der Waals surface area contributed by atoms with Gasteiger partial charge in [-0.2, -0.15) is 4.98 Å². The number of hydrogen-bond donors (Lipinski definition) is 1. The predicted octanol–water partition coefficient (Wildman–Crippen LogP) is 2.70. The summed E-state index contributed by atoms with van der Waals surface area (Å²) in [4.78, 5) is 15.3. The minimum Gasteiger partial charge on any atom is -0.357 e. The van der Waals surface area contributed by atoms with Gasteiger partial charge in [-0.1, -0.05) is 18.2 Å². The van der Waals surface area contributed by atoms with Crippen LogP contribution in [0.2, 0.25) is 0 Å². The average molecular weight is 279 g/mol. The SMILES string of the molecule is CNc1nc(N(C)Cc2cccnc2)c2ccccc2n1. The molecule has 0 spiro atoms. The lowest BCUT2D eigenvalue weighted by molar-refractivity contribution is 0.895. The zero-order valence-corrected chi connectivity index (χ0v) is 12.1. The van der Waals surface area contributed by atoms with E-state index in [1.807, 2.05) is 50.6 Å². The van der Waals surface area contributed by atoms with Crippen molar-refractivity contribution in [3.63, 3.8) is 0 Å². The number of benzene rings is 1. The summed E-state index contributed by atoms with van der Waals surface area (Å²) in [5.74, 6) is 1.54. The molecule has 1 N–H and O–H groups in total. The van der Waals surface area contributed by atoms with Crippen LogP contribution in [-0.4, -0.2) is 29.0 Å². The molecule has 0 fully saturated rings. The lowest BCUT2D eigenvalue weighted by Crippen LogP contribution is -2.19. The maximum absolute atomic E-state index is 4.60. The first-order valence-corrected chi connectivity index (χ1v) is 6.82. The van der Waals surface area contributed by atoms with Crippen LogP contribution in [0, 0.1) is 0 Å². The molecule has 0 bridgehead atoms. The fraction of sp³-hybridized carbons (Fsp3) is 0.188. The van der Waals surface area contributed by atoms with E-state index < -0.39 is 0 Å². The Morgan fingerprint density at radius 1 is 1.10 bits per heavy atom. The third-order valence-electron chi connectivity index (χ3n) is 3.31. The van der Waals surface area contributed by atoms with E-state index in [0.29, 0.717) is 5.95 Å². The number of rotatable bonds is 4. The molecular weight excluding hydrogens is 262 g/mol. The third kappa shape index (κ3) is 2.76. The van der Waals surface area contributed by atoms with E-state index in [1.54, 1.807) is 6.20 Å². The first-order chi connectivity index (χ1) is 10.3. The highest BCUT2D eigenvalue weighted by atomic mass is 15.2. The van der Waals surface area contributed by atoms with E-state index in [1.165, 1.54) is 0 Å². The molecule has 0 atom stereocenters. The molecule has 0 radical (unpaired) electrons. The zero-order chi connectivity index (χ0) is 14.7. The Kier molecular flexibility index (Phi) is 3.64. The summed E-state index contributed by atoms with van der Waals surface area (Å²) in [7, 11) is 3.86. The van der Waals surface area contributed by atoms with Crippen molar-refractivity contribution < 1.29 is 0 Å². The van der Waals surface area contributed by atoms with Crippen molar-refractivity contribution in [3.8, 4) is 0 Å². The summed E-state index contributed by atoms with van der Waals surface area (Å²) in [5, 5.41) is 4.06. The number of aromatic nitrogens is 3. The molecule has 0 aliphatic carbocycles. The van der Waals surface area contributed by atoms with Gasteiger partial charge in [-0.25, -0.2) is 4.98 Å². The lowest BCUT2D eigenvalue weighted by atomic mass is 10.2. The number of para-hydroxylation sites is 1. The molecular formula is C16H17N5. The van der Waals surface area contributed by atoms with Crippen molar-refractivity contribution in [2.75, 3.05) is 24.3 Å². The first-order valence-electron chi connectivity index (χ1n) is 6.82. The molecule has 2 aromatic heterocycles. The number of nitrogens with zero attached hydrogens (tertiary/aromatic N) is 4. The quantitative estimate of drug-likeness (QED) is 0.795. The van der Waals surface area contributed by atoms with Gasteiger partial charge in [0, 0.05) is 38.4 Å². The minimum atomic E-state index is 0.627. The molecule has 5 heteroatoms. The second-order valence-electron chi connectivity index (χ2n) is 4.86. The summed E-state index contributed by atoms with van der Waals surface area (Å²) in [6.45, 7) is 0.748. The van der Waals surface area contributed by atoms with Crippen LogP contribution in [-0.2, 0) is 6.54 Å². The Balaban J connectivity index is 2.02. The largest absolute Gasteiger partial charge is 0.357 e. The van der Waals surface area contributed by atoms with Gasteiger partial charge in [-0.3, -0.25) is 4.98 Å². The fourth-order valence-corrected chi connectivity index (χ4v) is 2.30. The monoisotopic (exact) mass is 279 g/mol. The molecule has 106 valence electrons. The smallest absolute Gasteiger partial charge is 0.224 e. The summed E-state index contributed by atoms with van der Waals surface area (Å²) in [6, 6.07) is 12.0. The Bertz CT molecular complexity index is 742.